The Hall–Kier alpha value is -3.20. The van der Waals surface area contributed by atoms with Gasteiger partial charge in [0.1, 0.15) is 35.5 Å². The van der Waals surface area contributed by atoms with E-state index in [9.17, 15) is 10.1 Å². The van der Waals surface area contributed by atoms with Gasteiger partial charge < -0.3 is 14.5 Å². The Bertz CT molecular complexity index is 1160. The van der Waals surface area contributed by atoms with Gasteiger partial charge in [0.2, 0.25) is 0 Å². The maximum atomic E-state index is 12.5. The third-order valence-electron chi connectivity index (χ3n) is 4.29. The molecule has 3 aromatic rings. The van der Waals surface area contributed by atoms with E-state index in [1.165, 1.54) is 6.08 Å². The number of nitrogens with one attached hydrogen (secondary N) is 1. The first-order chi connectivity index (χ1) is 14.4. The zero-order chi connectivity index (χ0) is 21.7. The van der Waals surface area contributed by atoms with Crippen LogP contribution < -0.4 is 10.1 Å². The summed E-state index contributed by atoms with van der Waals surface area (Å²) >= 11 is 12.0. The second kappa shape index (κ2) is 9.53. The summed E-state index contributed by atoms with van der Waals surface area (Å²) in [5.41, 5.74) is 2.20. The molecule has 0 saturated heterocycles. The van der Waals surface area contributed by atoms with Gasteiger partial charge in [-0.15, -0.1) is 0 Å². The minimum absolute atomic E-state index is 0.0930. The maximum Gasteiger partial charge on any atom is 0.266 e. The van der Waals surface area contributed by atoms with E-state index in [0.29, 0.717) is 33.0 Å². The van der Waals surface area contributed by atoms with Gasteiger partial charge in [-0.2, -0.15) is 5.26 Å². The molecule has 0 unspecified atom stereocenters. The van der Waals surface area contributed by atoms with Crippen molar-refractivity contribution in [2.75, 3.05) is 5.32 Å². The Morgan fingerprint density at radius 1 is 1.13 bits per heavy atom. The Kier molecular flexibility index (Phi) is 6.83. The molecule has 5 nitrogen and oxygen atoms in total. The lowest BCUT2D eigenvalue weighted by Gasteiger charge is -2.08. The third-order valence-corrected chi connectivity index (χ3v) is 4.95. The average molecular weight is 441 g/mol. The lowest BCUT2D eigenvalue weighted by atomic mass is 10.1. The van der Waals surface area contributed by atoms with E-state index in [-0.39, 0.29) is 12.2 Å². The molecule has 1 amide bonds. The van der Waals surface area contributed by atoms with E-state index in [4.69, 9.17) is 32.4 Å². The van der Waals surface area contributed by atoms with E-state index in [2.05, 4.69) is 5.32 Å². The first-order valence-corrected chi connectivity index (χ1v) is 9.78. The van der Waals surface area contributed by atoms with Gasteiger partial charge in [-0.05, 0) is 67.4 Å². The Balaban J connectivity index is 1.68. The van der Waals surface area contributed by atoms with E-state index in [1.54, 1.807) is 42.5 Å². The van der Waals surface area contributed by atoms with Gasteiger partial charge >= 0.3 is 0 Å². The van der Waals surface area contributed by atoms with Crippen LogP contribution in [0.25, 0.3) is 6.08 Å². The summed E-state index contributed by atoms with van der Waals surface area (Å²) in [7, 11) is 0. The molecule has 7 heteroatoms. The molecule has 1 heterocycles. The highest BCUT2D eigenvalue weighted by molar-refractivity contribution is 6.31. The summed E-state index contributed by atoms with van der Waals surface area (Å²) in [4.78, 5) is 12.5. The first-order valence-electron chi connectivity index (χ1n) is 9.02. The molecule has 0 aliphatic rings. The van der Waals surface area contributed by atoms with E-state index in [0.717, 1.165) is 11.1 Å². The number of amides is 1. The van der Waals surface area contributed by atoms with Crippen molar-refractivity contribution in [3.63, 3.8) is 0 Å². The van der Waals surface area contributed by atoms with Crippen molar-refractivity contribution in [1.29, 1.82) is 5.26 Å². The summed E-state index contributed by atoms with van der Waals surface area (Å²) in [5, 5.41) is 13.2. The summed E-state index contributed by atoms with van der Waals surface area (Å²) in [6.45, 7) is 3.93. The number of benzene rings is 2. The van der Waals surface area contributed by atoms with Crippen LogP contribution in [0.1, 0.15) is 22.6 Å². The van der Waals surface area contributed by atoms with Crippen molar-refractivity contribution in [3.05, 3.63) is 86.8 Å². The molecule has 0 spiro atoms. The molecular formula is C23H18Cl2N2O3. The molecule has 0 aliphatic heterocycles. The van der Waals surface area contributed by atoms with Gasteiger partial charge in [-0.3, -0.25) is 4.79 Å². The lowest BCUT2D eigenvalue weighted by Crippen LogP contribution is -2.14. The predicted octanol–water partition coefficient (Wildman–Crippen LogP) is 6.33. The van der Waals surface area contributed by atoms with Crippen molar-refractivity contribution in [2.45, 2.75) is 20.5 Å². The van der Waals surface area contributed by atoms with Crippen molar-refractivity contribution in [2.24, 2.45) is 0 Å². The second-order valence-corrected chi connectivity index (χ2v) is 7.43. The number of halogens is 2. The van der Waals surface area contributed by atoms with Crippen LogP contribution in [0.15, 0.2) is 58.5 Å². The molecule has 0 saturated carbocycles. The normalized spacial score (nSPS) is 11.1. The second-order valence-electron chi connectivity index (χ2n) is 6.59. The standard InChI is InChI=1S/C23H18Cl2N2O3/c1-14-3-4-17(24)11-22(14)27-23(28)16(12-26)10-19-5-6-20(30-19)13-29-18-7-8-21(25)15(2)9-18/h3-11H,13H2,1-2H3,(H,27,28). The molecule has 1 aromatic heterocycles. The molecule has 0 aliphatic carbocycles. The van der Waals surface area contributed by atoms with E-state index >= 15 is 0 Å². The van der Waals surface area contributed by atoms with Gasteiger partial charge in [0.15, 0.2) is 0 Å². The van der Waals surface area contributed by atoms with Crippen LogP contribution in [0.2, 0.25) is 10.0 Å². The number of ether oxygens (including phenoxy) is 1. The number of hydrogen-bond donors (Lipinski definition) is 1. The Labute approximate surface area is 184 Å². The lowest BCUT2D eigenvalue weighted by molar-refractivity contribution is -0.112. The van der Waals surface area contributed by atoms with Crippen LogP contribution in [0.5, 0.6) is 5.75 Å². The predicted molar refractivity (Wildman–Crippen MR) is 118 cm³/mol. The largest absolute Gasteiger partial charge is 0.486 e. The SMILES string of the molecule is Cc1cc(OCc2ccc(C=C(C#N)C(=O)Nc3cc(Cl)ccc3C)o2)ccc1Cl. The molecule has 3 rings (SSSR count). The number of aryl methyl sites for hydroxylation is 2. The fourth-order valence-corrected chi connectivity index (χ4v) is 2.91. The van der Waals surface area contributed by atoms with Crippen molar-refractivity contribution in [3.8, 4) is 11.8 Å². The monoisotopic (exact) mass is 440 g/mol. The summed E-state index contributed by atoms with van der Waals surface area (Å²) in [6.07, 6.45) is 1.38. The number of rotatable bonds is 6. The number of nitrogens with zero attached hydrogens (tertiary/aromatic N) is 1. The number of nitriles is 1. The minimum atomic E-state index is -0.547. The fraction of sp³-hybridized carbons (Fsp3) is 0.130. The highest BCUT2D eigenvalue weighted by Gasteiger charge is 2.13. The Morgan fingerprint density at radius 3 is 2.67 bits per heavy atom. The third kappa shape index (κ3) is 5.44. The topological polar surface area (TPSA) is 75.3 Å². The Morgan fingerprint density at radius 2 is 1.93 bits per heavy atom. The molecule has 1 N–H and O–H groups in total. The molecular weight excluding hydrogens is 423 g/mol. The first kappa shape index (κ1) is 21.5. The van der Waals surface area contributed by atoms with Crippen molar-refractivity contribution in [1.82, 2.24) is 0 Å². The van der Waals surface area contributed by atoms with Crippen LogP contribution in [0.3, 0.4) is 0 Å². The molecule has 0 bridgehead atoms. The summed E-state index contributed by atoms with van der Waals surface area (Å²) < 4.78 is 11.3. The highest BCUT2D eigenvalue weighted by atomic mass is 35.5. The van der Waals surface area contributed by atoms with Gasteiger partial charge in [0, 0.05) is 21.8 Å². The number of anilines is 1. The quantitative estimate of drug-likeness (QED) is 0.358. The summed E-state index contributed by atoms with van der Waals surface area (Å²) in [6, 6.07) is 15.8. The van der Waals surface area contributed by atoms with Crippen LogP contribution in [-0.2, 0) is 11.4 Å². The molecule has 0 fully saturated rings. The minimum Gasteiger partial charge on any atom is -0.486 e. The molecule has 0 radical (unpaired) electrons. The van der Waals surface area contributed by atoms with Crippen LogP contribution in [-0.4, -0.2) is 5.91 Å². The number of carbonyl (C=O) groups excluding carboxylic acids is 1. The molecule has 2 aromatic carbocycles. The van der Waals surface area contributed by atoms with E-state index in [1.807, 2.05) is 26.0 Å². The maximum absolute atomic E-state index is 12.5. The van der Waals surface area contributed by atoms with Gasteiger partial charge in [0.05, 0.1) is 0 Å². The number of carbonyl (C=O) groups is 1. The van der Waals surface area contributed by atoms with E-state index < -0.39 is 5.91 Å². The average Bonchev–Trinajstić information content (AvgIpc) is 3.17. The van der Waals surface area contributed by atoms with Crippen LogP contribution in [0, 0.1) is 25.2 Å². The fourth-order valence-electron chi connectivity index (χ4n) is 2.62. The van der Waals surface area contributed by atoms with Crippen molar-refractivity contribution < 1.29 is 13.9 Å². The van der Waals surface area contributed by atoms with Crippen LogP contribution in [0.4, 0.5) is 5.69 Å². The van der Waals surface area contributed by atoms with Crippen LogP contribution >= 0.6 is 23.2 Å². The highest BCUT2D eigenvalue weighted by Crippen LogP contribution is 2.23. The van der Waals surface area contributed by atoms with Gasteiger partial charge in [-0.25, -0.2) is 0 Å². The van der Waals surface area contributed by atoms with Gasteiger partial charge in [0.25, 0.3) is 5.91 Å². The number of furan rings is 1. The smallest absolute Gasteiger partial charge is 0.266 e. The molecule has 30 heavy (non-hydrogen) atoms. The zero-order valence-corrected chi connectivity index (χ0v) is 17.8. The van der Waals surface area contributed by atoms with Gasteiger partial charge in [-0.1, -0.05) is 29.3 Å². The zero-order valence-electron chi connectivity index (χ0n) is 16.3. The van der Waals surface area contributed by atoms with Crippen molar-refractivity contribution >= 4 is 40.9 Å². The number of hydrogen-bond acceptors (Lipinski definition) is 4. The molecule has 152 valence electrons. The summed E-state index contributed by atoms with van der Waals surface area (Å²) in [5.74, 6) is 1.04. The molecule has 0 atom stereocenters.